The van der Waals surface area contributed by atoms with Gasteiger partial charge in [-0.25, -0.2) is 4.79 Å². The molecule has 1 aliphatic heterocycles. The number of rotatable bonds is 16. The van der Waals surface area contributed by atoms with Crippen molar-refractivity contribution < 1.29 is 24.9 Å². The molecule has 5 N–H and O–H groups in total. The van der Waals surface area contributed by atoms with Crippen molar-refractivity contribution in [3.8, 4) is 0 Å². The fraction of sp³-hybridized carbons (Fsp3) is 0.792. The van der Waals surface area contributed by atoms with Crippen LogP contribution in [-0.2, 0) is 9.53 Å². The Labute approximate surface area is 200 Å². The summed E-state index contributed by atoms with van der Waals surface area (Å²) in [7, 11) is 0. The van der Waals surface area contributed by atoms with E-state index >= 15 is 0 Å². The maximum atomic E-state index is 12.3. The smallest absolute Gasteiger partial charge is 0.330 e. The zero-order valence-corrected chi connectivity index (χ0v) is 20.2. The number of aliphatic hydroxyl groups excluding tert-OH is 3. The van der Waals surface area contributed by atoms with Gasteiger partial charge >= 0.3 is 5.69 Å². The minimum atomic E-state index is -1.72. The topological polar surface area (TPSA) is 154 Å². The summed E-state index contributed by atoms with van der Waals surface area (Å²) in [6.07, 6.45) is 7.96. The van der Waals surface area contributed by atoms with Crippen molar-refractivity contribution in [1.29, 1.82) is 0 Å². The number of H-pyrrole nitrogens is 1. The number of aromatic nitrogens is 2. The first kappa shape index (κ1) is 28.2. The molecular formula is C24H41N3O7. The summed E-state index contributed by atoms with van der Waals surface area (Å²) in [4.78, 5) is 37.5. The fourth-order valence-corrected chi connectivity index (χ4v) is 4.24. The SMILES string of the molecule is CCCCCCCCCCCCCCNC(=O)[C@H](O)[C@@H]1O[C@H](n2ccc(=O)[nH]c2=O)[C@@H](O)[C@@H]1O. The second-order valence-electron chi connectivity index (χ2n) is 9.11. The second-order valence-corrected chi connectivity index (χ2v) is 9.11. The molecule has 10 nitrogen and oxygen atoms in total. The van der Waals surface area contributed by atoms with Gasteiger partial charge in [0.1, 0.15) is 18.3 Å². The van der Waals surface area contributed by atoms with Gasteiger partial charge in [0.05, 0.1) is 0 Å². The molecule has 1 aliphatic rings. The fourth-order valence-electron chi connectivity index (χ4n) is 4.24. The van der Waals surface area contributed by atoms with E-state index in [2.05, 4.69) is 12.2 Å². The van der Waals surface area contributed by atoms with Crippen molar-refractivity contribution in [1.82, 2.24) is 14.9 Å². The first-order valence-corrected chi connectivity index (χ1v) is 12.7. The van der Waals surface area contributed by atoms with Crippen molar-refractivity contribution in [2.24, 2.45) is 0 Å². The summed E-state index contributed by atoms with van der Waals surface area (Å²) < 4.78 is 6.32. The molecule has 5 atom stereocenters. The average Bonchev–Trinajstić information content (AvgIpc) is 3.10. The van der Waals surface area contributed by atoms with Gasteiger partial charge < -0.3 is 25.4 Å². The predicted octanol–water partition coefficient (Wildman–Crippen LogP) is 1.33. The van der Waals surface area contributed by atoms with E-state index in [9.17, 15) is 29.7 Å². The summed E-state index contributed by atoms with van der Waals surface area (Å²) in [5.41, 5.74) is -1.46. The van der Waals surface area contributed by atoms with Crippen LogP contribution < -0.4 is 16.6 Å². The van der Waals surface area contributed by atoms with E-state index in [1.54, 1.807) is 0 Å². The summed E-state index contributed by atoms with van der Waals surface area (Å²) in [6.45, 7) is 2.62. The van der Waals surface area contributed by atoms with Gasteiger partial charge in [0, 0.05) is 18.8 Å². The summed E-state index contributed by atoms with van der Waals surface area (Å²) in [5.74, 6) is -0.714. The predicted molar refractivity (Wildman–Crippen MR) is 127 cm³/mol. The zero-order valence-electron chi connectivity index (χ0n) is 20.2. The van der Waals surface area contributed by atoms with Crippen molar-refractivity contribution in [3.05, 3.63) is 33.1 Å². The molecule has 1 aromatic heterocycles. The van der Waals surface area contributed by atoms with Crippen molar-refractivity contribution in [3.63, 3.8) is 0 Å². The molecule has 34 heavy (non-hydrogen) atoms. The lowest BCUT2D eigenvalue weighted by atomic mass is 10.0. The van der Waals surface area contributed by atoms with Gasteiger partial charge in [-0.05, 0) is 6.42 Å². The van der Waals surface area contributed by atoms with Gasteiger partial charge in [-0.1, -0.05) is 77.6 Å². The van der Waals surface area contributed by atoms with Gasteiger partial charge in [0.2, 0.25) is 0 Å². The van der Waals surface area contributed by atoms with E-state index in [0.29, 0.717) is 6.54 Å². The summed E-state index contributed by atoms with van der Waals surface area (Å²) >= 11 is 0. The largest absolute Gasteiger partial charge is 0.387 e. The van der Waals surface area contributed by atoms with Crippen LogP contribution in [0, 0.1) is 0 Å². The van der Waals surface area contributed by atoms with Crippen molar-refractivity contribution >= 4 is 5.91 Å². The molecule has 1 aromatic rings. The van der Waals surface area contributed by atoms with Crippen LogP contribution in [0.1, 0.15) is 90.2 Å². The molecule has 0 unspecified atom stereocenters. The lowest BCUT2D eigenvalue weighted by Gasteiger charge is -2.20. The number of aliphatic hydroxyl groups is 3. The molecule has 0 radical (unpaired) electrons. The molecule has 0 aromatic carbocycles. The van der Waals surface area contributed by atoms with E-state index in [4.69, 9.17) is 4.74 Å². The Bertz CT molecular complexity index is 840. The summed E-state index contributed by atoms with van der Waals surface area (Å²) in [5, 5.41) is 33.4. The summed E-state index contributed by atoms with van der Waals surface area (Å²) in [6, 6.07) is 1.06. The zero-order chi connectivity index (χ0) is 24.9. The Kier molecular flexibility index (Phi) is 12.5. The van der Waals surface area contributed by atoms with Crippen LogP contribution in [0.3, 0.4) is 0 Å². The molecule has 1 saturated heterocycles. The molecule has 2 heterocycles. The van der Waals surface area contributed by atoms with Crippen LogP contribution in [0.25, 0.3) is 0 Å². The highest BCUT2D eigenvalue weighted by Crippen LogP contribution is 2.30. The third-order valence-electron chi connectivity index (χ3n) is 6.31. The lowest BCUT2D eigenvalue weighted by Crippen LogP contribution is -2.47. The quantitative estimate of drug-likeness (QED) is 0.222. The Morgan fingerprint density at radius 2 is 1.56 bits per heavy atom. The number of nitrogens with zero attached hydrogens (tertiary/aromatic N) is 1. The van der Waals surface area contributed by atoms with Crippen molar-refractivity contribution in [2.75, 3.05) is 6.54 Å². The number of ether oxygens (including phenoxy) is 1. The van der Waals surface area contributed by atoms with Crippen LogP contribution in [0.15, 0.2) is 21.9 Å². The van der Waals surface area contributed by atoms with E-state index in [-0.39, 0.29) is 0 Å². The average molecular weight is 484 g/mol. The number of hydrogen-bond donors (Lipinski definition) is 5. The highest BCUT2D eigenvalue weighted by Gasteiger charge is 2.48. The Balaban J connectivity index is 1.62. The van der Waals surface area contributed by atoms with Gasteiger partial charge in [-0.2, -0.15) is 0 Å². The van der Waals surface area contributed by atoms with Crippen LogP contribution >= 0.6 is 0 Å². The lowest BCUT2D eigenvalue weighted by molar-refractivity contribution is -0.143. The van der Waals surface area contributed by atoms with E-state index in [1.165, 1.54) is 57.8 Å². The molecular weight excluding hydrogens is 442 g/mol. The maximum Gasteiger partial charge on any atom is 0.330 e. The van der Waals surface area contributed by atoms with E-state index in [1.807, 2.05) is 4.98 Å². The molecule has 10 heteroatoms. The van der Waals surface area contributed by atoms with E-state index in [0.717, 1.165) is 36.1 Å². The number of unbranched alkanes of at least 4 members (excludes halogenated alkanes) is 11. The Morgan fingerprint density at radius 1 is 1.00 bits per heavy atom. The van der Waals surface area contributed by atoms with Gasteiger partial charge in [-0.15, -0.1) is 0 Å². The highest BCUT2D eigenvalue weighted by atomic mass is 16.6. The Morgan fingerprint density at radius 3 is 2.12 bits per heavy atom. The number of nitrogens with one attached hydrogen (secondary N) is 2. The second kappa shape index (κ2) is 15.1. The highest BCUT2D eigenvalue weighted by molar-refractivity contribution is 5.81. The van der Waals surface area contributed by atoms with Crippen LogP contribution in [-0.4, -0.2) is 61.7 Å². The minimum Gasteiger partial charge on any atom is -0.387 e. The maximum absolute atomic E-state index is 12.3. The number of amides is 1. The van der Waals surface area contributed by atoms with E-state index < -0.39 is 47.8 Å². The Hall–Kier alpha value is -2.01. The number of carbonyl (C=O) groups excluding carboxylic acids is 1. The third-order valence-corrected chi connectivity index (χ3v) is 6.31. The number of hydrogen-bond acceptors (Lipinski definition) is 7. The first-order valence-electron chi connectivity index (χ1n) is 12.7. The van der Waals surface area contributed by atoms with Crippen LogP contribution in [0.4, 0.5) is 0 Å². The van der Waals surface area contributed by atoms with Crippen molar-refractivity contribution in [2.45, 2.75) is 115 Å². The third kappa shape index (κ3) is 8.65. The standard InChI is InChI=1S/C24H41N3O7/c1-2-3-4-5-6-7-8-9-10-11-12-13-15-25-22(32)20(31)21-18(29)19(30)23(34-21)27-16-14-17(28)26-24(27)33/h14,16,18-21,23,29-31H,2-13,15H2,1H3,(H,25,32)(H,26,28,33)/t18-,19-,20+,21+,23-/m0/s1. The van der Waals surface area contributed by atoms with Gasteiger partial charge in [0.15, 0.2) is 12.3 Å². The van der Waals surface area contributed by atoms with Gasteiger partial charge in [-0.3, -0.25) is 19.1 Å². The first-order chi connectivity index (χ1) is 16.4. The molecule has 0 bridgehead atoms. The minimum absolute atomic E-state index is 0.390. The normalized spacial score (nSPS) is 23.2. The molecule has 1 fully saturated rings. The van der Waals surface area contributed by atoms with Crippen LogP contribution in [0.2, 0.25) is 0 Å². The van der Waals surface area contributed by atoms with Gasteiger partial charge in [0.25, 0.3) is 11.5 Å². The number of aromatic amines is 1. The molecule has 194 valence electrons. The molecule has 0 spiro atoms. The monoisotopic (exact) mass is 483 g/mol. The molecule has 0 aliphatic carbocycles. The van der Waals surface area contributed by atoms with Crippen LogP contribution in [0.5, 0.6) is 0 Å². The molecule has 1 amide bonds. The number of carbonyl (C=O) groups is 1. The molecule has 0 saturated carbocycles. The molecule has 2 rings (SSSR count).